The van der Waals surface area contributed by atoms with E-state index < -0.39 is 85.3 Å². The summed E-state index contributed by atoms with van der Waals surface area (Å²) in [6, 6.07) is 0. The van der Waals surface area contributed by atoms with Gasteiger partial charge in [0.05, 0.1) is 6.10 Å². The van der Waals surface area contributed by atoms with Crippen LogP contribution in [0.15, 0.2) is 0 Å². The van der Waals surface area contributed by atoms with Crippen LogP contribution in [0.2, 0.25) is 0 Å². The Morgan fingerprint density at radius 3 is 1.32 bits per heavy atom. The third-order valence-electron chi connectivity index (χ3n) is 4.08. The molecule has 0 N–H and O–H groups in total. The van der Waals surface area contributed by atoms with Gasteiger partial charge >= 0.3 is 47.7 Å². The smallest absolute Gasteiger partial charge is 0.460 e. The van der Waals surface area contributed by atoms with Crippen LogP contribution in [0.4, 0.5) is 65.9 Å². The third kappa shape index (κ3) is 5.33. The maximum atomic E-state index is 13.6. The van der Waals surface area contributed by atoms with Gasteiger partial charge in [-0.2, -0.15) is 65.9 Å². The Bertz CT molecular complexity index is 740. The molecule has 0 unspecified atom stereocenters. The minimum Gasteiger partial charge on any atom is -0.463 e. The lowest BCUT2D eigenvalue weighted by atomic mass is 9.89. The molecule has 0 aromatic carbocycles. The van der Waals surface area contributed by atoms with Gasteiger partial charge in [0.1, 0.15) is 0 Å². The second kappa shape index (κ2) is 9.62. The van der Waals surface area contributed by atoms with Gasteiger partial charge < -0.3 is 4.74 Å². The maximum Gasteiger partial charge on any atom is 0.460 e. The Labute approximate surface area is 180 Å². The molecule has 0 aliphatic rings. The molecule has 0 fully saturated rings. The summed E-state index contributed by atoms with van der Waals surface area (Å²) < 4.78 is 200. The van der Waals surface area contributed by atoms with Crippen molar-refractivity contribution >= 4 is 11.8 Å². The van der Waals surface area contributed by atoms with Crippen LogP contribution in [0.1, 0.15) is 39.5 Å². The number of Topliss-reactive ketones (excluding diaryl/α,β-unsaturated/α-hetero) is 1. The van der Waals surface area contributed by atoms with E-state index in [-0.39, 0.29) is 0 Å². The summed E-state index contributed by atoms with van der Waals surface area (Å²) in [6.45, 7) is 2.77. The van der Waals surface area contributed by atoms with Crippen molar-refractivity contribution in [1.29, 1.82) is 0 Å². The molecule has 0 saturated carbocycles. The first-order valence-corrected chi connectivity index (χ1v) is 8.79. The fraction of sp³-hybridized carbons (Fsp3) is 0.875. The zero-order chi connectivity index (χ0) is 27.8. The number of alkyl halides is 15. The van der Waals surface area contributed by atoms with Gasteiger partial charge in [-0.25, -0.2) is 0 Å². The number of rotatable bonds is 12. The predicted octanol–water partition coefficient (Wildman–Crippen LogP) is 6.44. The van der Waals surface area contributed by atoms with Crippen molar-refractivity contribution in [1.82, 2.24) is 0 Å². The lowest BCUT2D eigenvalue weighted by Crippen LogP contribution is -2.73. The minimum absolute atomic E-state index is 0.568. The van der Waals surface area contributed by atoms with Crippen molar-refractivity contribution < 1.29 is 80.2 Å². The molecule has 0 atom stereocenters. The van der Waals surface area contributed by atoms with Crippen LogP contribution >= 0.6 is 0 Å². The SMILES string of the molecule is CC(C)OC(=O)CCCCC(=O)C(F)(F)C(F)(F)C(F)(F)C(F)(F)C(F)(F)C(F)(F)C(F)(F)F. The number of carbonyl (C=O) groups is 2. The minimum atomic E-state index is -8.44. The molecule has 0 heterocycles. The standard InChI is InChI=1S/C16H15F15O3/c1-7(2)34-9(33)6-4-3-5-8(32)10(17,18)11(19,20)12(21,22)13(23,24)14(25,26)15(27,28)16(29,30)31/h7H,3-6H2,1-2H3. The lowest BCUT2D eigenvalue weighted by Gasteiger charge is -2.41. The summed E-state index contributed by atoms with van der Waals surface area (Å²) in [5.41, 5.74) is 0. The Balaban J connectivity index is 5.87. The maximum absolute atomic E-state index is 13.6. The summed E-state index contributed by atoms with van der Waals surface area (Å²) in [5, 5.41) is 0. The molecular formula is C16H15F15O3. The van der Waals surface area contributed by atoms with E-state index in [2.05, 4.69) is 4.74 Å². The van der Waals surface area contributed by atoms with Crippen molar-refractivity contribution in [3.63, 3.8) is 0 Å². The van der Waals surface area contributed by atoms with E-state index in [4.69, 9.17) is 0 Å². The van der Waals surface area contributed by atoms with E-state index in [0.29, 0.717) is 0 Å². The van der Waals surface area contributed by atoms with E-state index in [1.165, 1.54) is 13.8 Å². The molecule has 34 heavy (non-hydrogen) atoms. The Kier molecular flexibility index (Phi) is 9.08. The molecule has 202 valence electrons. The first-order chi connectivity index (χ1) is 14.7. The van der Waals surface area contributed by atoms with E-state index in [1.54, 1.807) is 0 Å². The fourth-order valence-corrected chi connectivity index (χ4v) is 2.18. The van der Waals surface area contributed by atoms with Crippen molar-refractivity contribution in [3.05, 3.63) is 0 Å². The summed E-state index contributed by atoms with van der Waals surface area (Å²) >= 11 is 0. The van der Waals surface area contributed by atoms with Gasteiger partial charge in [-0.15, -0.1) is 0 Å². The molecule has 18 heteroatoms. The van der Waals surface area contributed by atoms with Gasteiger partial charge in [-0.3, -0.25) is 9.59 Å². The number of hydrogen-bond donors (Lipinski definition) is 0. The monoisotopic (exact) mass is 540 g/mol. The highest BCUT2D eigenvalue weighted by Crippen LogP contribution is 2.62. The second-order valence-corrected chi connectivity index (χ2v) is 7.11. The molecule has 0 bridgehead atoms. The molecule has 0 aromatic rings. The van der Waals surface area contributed by atoms with Gasteiger partial charge in [0.2, 0.25) is 5.78 Å². The van der Waals surface area contributed by atoms with Gasteiger partial charge in [0, 0.05) is 12.8 Å². The van der Waals surface area contributed by atoms with Crippen LogP contribution in [0, 0.1) is 0 Å². The van der Waals surface area contributed by atoms with Crippen molar-refractivity contribution in [2.45, 2.75) is 87.3 Å². The number of ether oxygens (including phenoxy) is 1. The highest BCUT2D eigenvalue weighted by Gasteiger charge is 2.93. The molecule has 0 amide bonds. The summed E-state index contributed by atoms with van der Waals surface area (Å²) in [4.78, 5) is 22.4. The van der Waals surface area contributed by atoms with Crippen LogP contribution < -0.4 is 0 Å². The molecule has 0 aromatic heterocycles. The predicted molar refractivity (Wildman–Crippen MR) is 80.4 cm³/mol. The fourth-order valence-electron chi connectivity index (χ4n) is 2.18. The molecular weight excluding hydrogens is 525 g/mol. The van der Waals surface area contributed by atoms with Crippen molar-refractivity contribution in [2.75, 3.05) is 0 Å². The van der Waals surface area contributed by atoms with Crippen LogP contribution in [-0.4, -0.2) is 59.6 Å². The van der Waals surface area contributed by atoms with Crippen molar-refractivity contribution in [3.8, 4) is 0 Å². The largest absolute Gasteiger partial charge is 0.463 e. The van der Waals surface area contributed by atoms with E-state index in [9.17, 15) is 75.4 Å². The molecule has 0 radical (unpaired) electrons. The molecule has 0 aliphatic heterocycles. The highest BCUT2D eigenvalue weighted by molar-refractivity contribution is 5.87. The highest BCUT2D eigenvalue weighted by atomic mass is 19.4. The van der Waals surface area contributed by atoms with Crippen LogP contribution in [0.5, 0.6) is 0 Å². The average Bonchev–Trinajstić information content (AvgIpc) is 2.62. The van der Waals surface area contributed by atoms with Gasteiger partial charge in [0.15, 0.2) is 0 Å². The number of ketones is 1. The molecule has 0 aliphatic carbocycles. The van der Waals surface area contributed by atoms with Crippen LogP contribution in [-0.2, 0) is 14.3 Å². The first-order valence-electron chi connectivity index (χ1n) is 8.79. The third-order valence-corrected chi connectivity index (χ3v) is 4.08. The van der Waals surface area contributed by atoms with Crippen LogP contribution in [0.3, 0.4) is 0 Å². The second-order valence-electron chi connectivity index (χ2n) is 7.11. The van der Waals surface area contributed by atoms with Crippen LogP contribution in [0.25, 0.3) is 0 Å². The number of unbranched alkanes of at least 4 members (excludes halogenated alkanes) is 1. The summed E-state index contributed by atoms with van der Waals surface area (Å²) in [7, 11) is 0. The Morgan fingerprint density at radius 2 is 0.941 bits per heavy atom. The molecule has 0 rings (SSSR count). The molecule has 3 nitrogen and oxygen atoms in total. The number of halogens is 15. The normalized spacial score (nSPS) is 15.0. The zero-order valence-corrected chi connectivity index (χ0v) is 16.8. The zero-order valence-electron chi connectivity index (χ0n) is 16.8. The van der Waals surface area contributed by atoms with Gasteiger partial charge in [0.25, 0.3) is 0 Å². The van der Waals surface area contributed by atoms with E-state index in [1.807, 2.05) is 0 Å². The average molecular weight is 540 g/mol. The first kappa shape index (κ1) is 32.1. The summed E-state index contributed by atoms with van der Waals surface area (Å²) in [5.74, 6) is -52.2. The van der Waals surface area contributed by atoms with E-state index in [0.717, 1.165) is 0 Å². The van der Waals surface area contributed by atoms with Gasteiger partial charge in [-0.1, -0.05) is 0 Å². The Hall–Kier alpha value is -1.91. The molecule has 0 spiro atoms. The number of carbonyl (C=O) groups excluding carboxylic acids is 2. The lowest BCUT2D eigenvalue weighted by molar-refractivity contribution is -0.449. The quantitative estimate of drug-likeness (QED) is 0.163. The summed E-state index contributed by atoms with van der Waals surface area (Å²) in [6.07, 6.45) is -12.3. The molecule has 0 saturated heterocycles. The van der Waals surface area contributed by atoms with Crippen molar-refractivity contribution in [2.24, 2.45) is 0 Å². The Morgan fingerprint density at radius 1 is 0.588 bits per heavy atom. The van der Waals surface area contributed by atoms with E-state index >= 15 is 0 Å². The topological polar surface area (TPSA) is 43.4 Å². The van der Waals surface area contributed by atoms with Gasteiger partial charge in [-0.05, 0) is 26.7 Å². The number of esters is 1. The number of hydrogen-bond acceptors (Lipinski definition) is 3.